The van der Waals surface area contributed by atoms with Gasteiger partial charge in [0.05, 0.1) is 13.2 Å². The van der Waals surface area contributed by atoms with E-state index in [1.54, 1.807) is 0 Å². The zero-order valence-corrected chi connectivity index (χ0v) is 11.5. The standard InChI is InChI=1S/2C8H10O.H2O/c2*1-2-9-8-6-4-3-5-7-8;/h2*3-7H,2H2,1H3;1H2. The highest BCUT2D eigenvalue weighted by Crippen LogP contribution is 2.07. The maximum atomic E-state index is 5.21. The molecule has 19 heavy (non-hydrogen) atoms. The van der Waals surface area contributed by atoms with Crippen molar-refractivity contribution < 1.29 is 14.9 Å². The first kappa shape index (κ1) is 17.0. The highest BCUT2D eigenvalue weighted by molar-refractivity contribution is 5.21. The molecule has 0 radical (unpaired) electrons. The molecule has 2 rings (SSSR count). The maximum absolute atomic E-state index is 5.21. The Morgan fingerprint density at radius 1 is 0.632 bits per heavy atom. The van der Waals surface area contributed by atoms with E-state index in [9.17, 15) is 0 Å². The summed E-state index contributed by atoms with van der Waals surface area (Å²) in [5, 5.41) is 0. The summed E-state index contributed by atoms with van der Waals surface area (Å²) in [7, 11) is 0. The molecule has 0 bridgehead atoms. The minimum Gasteiger partial charge on any atom is -0.494 e. The number of hydrogen-bond acceptors (Lipinski definition) is 2. The molecule has 0 aliphatic heterocycles. The lowest BCUT2D eigenvalue weighted by atomic mass is 10.3. The molecule has 2 aromatic carbocycles. The number of benzene rings is 2. The number of para-hydroxylation sites is 2. The first-order valence-corrected chi connectivity index (χ1v) is 6.22. The Bertz CT molecular complexity index is 359. The monoisotopic (exact) mass is 262 g/mol. The van der Waals surface area contributed by atoms with E-state index in [1.807, 2.05) is 74.5 Å². The molecule has 104 valence electrons. The fraction of sp³-hybridized carbons (Fsp3) is 0.250. The highest BCUT2D eigenvalue weighted by Gasteiger charge is 1.84. The normalized spacial score (nSPS) is 8.53. The van der Waals surface area contributed by atoms with Crippen molar-refractivity contribution in [1.29, 1.82) is 0 Å². The summed E-state index contributed by atoms with van der Waals surface area (Å²) in [5.74, 6) is 1.89. The van der Waals surface area contributed by atoms with E-state index in [4.69, 9.17) is 9.47 Å². The van der Waals surface area contributed by atoms with Crippen LogP contribution in [0.15, 0.2) is 60.7 Å². The minimum atomic E-state index is 0. The molecule has 3 heteroatoms. The molecule has 0 saturated heterocycles. The summed E-state index contributed by atoms with van der Waals surface area (Å²) >= 11 is 0. The van der Waals surface area contributed by atoms with Gasteiger partial charge in [-0.05, 0) is 38.1 Å². The largest absolute Gasteiger partial charge is 0.494 e. The van der Waals surface area contributed by atoms with Gasteiger partial charge >= 0.3 is 0 Å². The van der Waals surface area contributed by atoms with Gasteiger partial charge in [-0.1, -0.05) is 36.4 Å². The lowest BCUT2D eigenvalue weighted by Crippen LogP contribution is -1.89. The lowest BCUT2D eigenvalue weighted by molar-refractivity contribution is 0.340. The zero-order chi connectivity index (χ0) is 13.1. The predicted octanol–water partition coefficient (Wildman–Crippen LogP) is 3.35. The van der Waals surface area contributed by atoms with Crippen LogP contribution < -0.4 is 9.47 Å². The minimum absolute atomic E-state index is 0. The van der Waals surface area contributed by atoms with Crippen LogP contribution in [-0.2, 0) is 0 Å². The molecular formula is C16H22O3. The van der Waals surface area contributed by atoms with E-state index >= 15 is 0 Å². The maximum Gasteiger partial charge on any atom is 0.119 e. The molecule has 0 aliphatic carbocycles. The number of hydrogen-bond donors (Lipinski definition) is 0. The van der Waals surface area contributed by atoms with E-state index < -0.39 is 0 Å². The SMILES string of the molecule is CCOc1ccccc1.CCOc1ccccc1.O. The first-order chi connectivity index (χ1) is 8.86. The van der Waals surface area contributed by atoms with E-state index in [1.165, 1.54) is 0 Å². The van der Waals surface area contributed by atoms with Crippen LogP contribution in [0.2, 0.25) is 0 Å². The van der Waals surface area contributed by atoms with Crippen molar-refractivity contribution in [2.45, 2.75) is 13.8 Å². The Kier molecular flexibility index (Phi) is 9.94. The predicted molar refractivity (Wildman–Crippen MR) is 78.8 cm³/mol. The van der Waals surface area contributed by atoms with Gasteiger partial charge in [-0.3, -0.25) is 0 Å². The molecule has 0 amide bonds. The van der Waals surface area contributed by atoms with Gasteiger partial charge in [-0.15, -0.1) is 0 Å². The van der Waals surface area contributed by atoms with Crippen LogP contribution in [0.4, 0.5) is 0 Å². The lowest BCUT2D eigenvalue weighted by Gasteiger charge is -1.99. The molecule has 0 unspecified atom stereocenters. The Hall–Kier alpha value is -2.00. The van der Waals surface area contributed by atoms with Gasteiger partial charge in [0.2, 0.25) is 0 Å². The average Bonchev–Trinajstić information content (AvgIpc) is 2.43. The van der Waals surface area contributed by atoms with Gasteiger partial charge < -0.3 is 14.9 Å². The van der Waals surface area contributed by atoms with Crippen molar-refractivity contribution in [3.63, 3.8) is 0 Å². The Labute approximate surface area is 115 Å². The van der Waals surface area contributed by atoms with Crippen LogP contribution in [0.1, 0.15) is 13.8 Å². The molecule has 0 aliphatic rings. The van der Waals surface area contributed by atoms with Crippen LogP contribution in [-0.4, -0.2) is 18.7 Å². The third-order valence-corrected chi connectivity index (χ3v) is 2.11. The third-order valence-electron chi connectivity index (χ3n) is 2.11. The summed E-state index contributed by atoms with van der Waals surface area (Å²) in [6.45, 7) is 5.44. The fourth-order valence-corrected chi connectivity index (χ4v) is 1.37. The van der Waals surface area contributed by atoms with Crippen LogP contribution in [0.3, 0.4) is 0 Å². The smallest absolute Gasteiger partial charge is 0.119 e. The topological polar surface area (TPSA) is 50.0 Å². The van der Waals surface area contributed by atoms with E-state index in [2.05, 4.69) is 0 Å². The molecule has 0 fully saturated rings. The summed E-state index contributed by atoms with van der Waals surface area (Å²) in [6.07, 6.45) is 0. The van der Waals surface area contributed by atoms with Crippen LogP contribution in [0, 0.1) is 0 Å². The van der Waals surface area contributed by atoms with Crippen LogP contribution in [0.25, 0.3) is 0 Å². The van der Waals surface area contributed by atoms with E-state index in [0.29, 0.717) is 0 Å². The molecule has 0 spiro atoms. The summed E-state index contributed by atoms with van der Waals surface area (Å²) < 4.78 is 10.4. The third kappa shape index (κ3) is 7.84. The molecule has 0 saturated carbocycles. The van der Waals surface area contributed by atoms with Crippen molar-refractivity contribution in [3.8, 4) is 11.5 Å². The molecule has 0 atom stereocenters. The van der Waals surface area contributed by atoms with E-state index in [0.717, 1.165) is 24.7 Å². The highest BCUT2D eigenvalue weighted by atomic mass is 16.5. The molecule has 2 aromatic rings. The first-order valence-electron chi connectivity index (χ1n) is 6.22. The van der Waals surface area contributed by atoms with E-state index in [-0.39, 0.29) is 5.48 Å². The van der Waals surface area contributed by atoms with Crippen LogP contribution in [0.5, 0.6) is 11.5 Å². The van der Waals surface area contributed by atoms with Gasteiger partial charge in [-0.25, -0.2) is 0 Å². The van der Waals surface area contributed by atoms with Crippen molar-refractivity contribution in [2.75, 3.05) is 13.2 Å². The second-order valence-electron chi connectivity index (χ2n) is 3.49. The van der Waals surface area contributed by atoms with Crippen molar-refractivity contribution in [2.24, 2.45) is 0 Å². The molecule has 3 nitrogen and oxygen atoms in total. The van der Waals surface area contributed by atoms with Gasteiger partial charge in [0.1, 0.15) is 11.5 Å². The summed E-state index contributed by atoms with van der Waals surface area (Å²) in [4.78, 5) is 0. The van der Waals surface area contributed by atoms with Gasteiger partial charge in [0.25, 0.3) is 0 Å². The fourth-order valence-electron chi connectivity index (χ4n) is 1.37. The second-order valence-corrected chi connectivity index (χ2v) is 3.49. The number of ether oxygens (including phenoxy) is 2. The van der Waals surface area contributed by atoms with Gasteiger partial charge in [0, 0.05) is 0 Å². The average molecular weight is 262 g/mol. The molecule has 2 N–H and O–H groups in total. The number of rotatable bonds is 4. The Morgan fingerprint density at radius 3 is 1.21 bits per heavy atom. The molecular weight excluding hydrogens is 240 g/mol. The van der Waals surface area contributed by atoms with Gasteiger partial charge in [-0.2, -0.15) is 0 Å². The van der Waals surface area contributed by atoms with Crippen LogP contribution >= 0.6 is 0 Å². The van der Waals surface area contributed by atoms with Crippen molar-refractivity contribution in [1.82, 2.24) is 0 Å². The molecule has 0 heterocycles. The summed E-state index contributed by atoms with van der Waals surface area (Å²) in [5.41, 5.74) is 0. The van der Waals surface area contributed by atoms with Crippen molar-refractivity contribution >= 4 is 0 Å². The van der Waals surface area contributed by atoms with Crippen molar-refractivity contribution in [3.05, 3.63) is 60.7 Å². The Morgan fingerprint density at radius 2 is 0.947 bits per heavy atom. The second kappa shape index (κ2) is 11.1. The summed E-state index contributed by atoms with van der Waals surface area (Å²) in [6, 6.07) is 19.6. The zero-order valence-electron chi connectivity index (χ0n) is 11.5. The quantitative estimate of drug-likeness (QED) is 0.848. The molecule has 0 aromatic heterocycles. The Balaban J connectivity index is 0.000000324. The van der Waals surface area contributed by atoms with Gasteiger partial charge in [0.15, 0.2) is 0 Å².